The second kappa shape index (κ2) is 10.2. The van der Waals surface area contributed by atoms with Gasteiger partial charge in [0.05, 0.1) is 4.90 Å². The van der Waals surface area contributed by atoms with E-state index in [1.54, 1.807) is 37.3 Å². The van der Waals surface area contributed by atoms with Gasteiger partial charge in [0, 0.05) is 13.1 Å². The van der Waals surface area contributed by atoms with Crippen molar-refractivity contribution in [2.45, 2.75) is 31.0 Å². The Bertz CT molecular complexity index is 1140. The Labute approximate surface area is 181 Å². The van der Waals surface area contributed by atoms with Crippen molar-refractivity contribution in [3.8, 4) is 5.75 Å². The number of ether oxygens (including phenoxy) is 1. The molecule has 0 aliphatic rings. The first kappa shape index (κ1) is 22.5. The molecule has 1 atom stereocenters. The number of hydrogen-bond donors (Lipinski definition) is 2. The zero-order valence-electron chi connectivity index (χ0n) is 16.9. The summed E-state index contributed by atoms with van der Waals surface area (Å²) in [5.41, 5.74) is 1.13. The molecule has 0 radical (unpaired) electrons. The van der Waals surface area contributed by atoms with Gasteiger partial charge in [-0.2, -0.15) is 0 Å². The van der Waals surface area contributed by atoms with E-state index in [0.717, 1.165) is 0 Å². The van der Waals surface area contributed by atoms with Crippen molar-refractivity contribution >= 4 is 15.9 Å². The van der Waals surface area contributed by atoms with Gasteiger partial charge in [-0.1, -0.05) is 42.5 Å². The monoisotopic (exact) mass is 442 g/mol. The van der Waals surface area contributed by atoms with Crippen LogP contribution in [-0.2, 0) is 27.9 Å². The lowest BCUT2D eigenvalue weighted by molar-refractivity contribution is -0.127. The zero-order chi connectivity index (χ0) is 22.3. The molecule has 0 aromatic heterocycles. The van der Waals surface area contributed by atoms with Gasteiger partial charge in [0.2, 0.25) is 10.0 Å². The number of sulfonamides is 1. The van der Waals surface area contributed by atoms with Gasteiger partial charge in [-0.15, -0.1) is 0 Å². The maximum atomic E-state index is 13.3. The summed E-state index contributed by atoms with van der Waals surface area (Å²) >= 11 is 0. The van der Waals surface area contributed by atoms with Crippen LogP contribution in [-0.4, -0.2) is 20.4 Å². The number of benzene rings is 3. The first-order valence-electron chi connectivity index (χ1n) is 9.66. The second-order valence-electron chi connectivity index (χ2n) is 6.89. The normalized spacial score (nSPS) is 12.2. The molecule has 0 bridgehead atoms. The summed E-state index contributed by atoms with van der Waals surface area (Å²) in [5, 5.41) is 2.74. The highest BCUT2D eigenvalue weighted by molar-refractivity contribution is 7.89. The van der Waals surface area contributed by atoms with Gasteiger partial charge in [0.25, 0.3) is 5.91 Å². The number of nitrogens with one attached hydrogen (secondary N) is 2. The molecule has 8 heteroatoms. The van der Waals surface area contributed by atoms with Crippen molar-refractivity contribution in [1.82, 2.24) is 10.0 Å². The van der Waals surface area contributed by atoms with Gasteiger partial charge in [0.1, 0.15) is 11.6 Å². The zero-order valence-corrected chi connectivity index (χ0v) is 17.7. The molecule has 0 aliphatic heterocycles. The van der Waals surface area contributed by atoms with E-state index < -0.39 is 21.9 Å². The maximum absolute atomic E-state index is 13.3. The molecule has 0 spiro atoms. The predicted octanol–water partition coefficient (Wildman–Crippen LogP) is 3.39. The van der Waals surface area contributed by atoms with Crippen molar-refractivity contribution in [2.24, 2.45) is 0 Å². The number of rotatable bonds is 9. The van der Waals surface area contributed by atoms with Crippen molar-refractivity contribution < 1.29 is 22.3 Å². The van der Waals surface area contributed by atoms with Gasteiger partial charge in [-0.3, -0.25) is 4.79 Å². The lowest BCUT2D eigenvalue weighted by Crippen LogP contribution is -2.35. The molecule has 2 N–H and O–H groups in total. The Hall–Kier alpha value is -3.23. The third-order valence-electron chi connectivity index (χ3n) is 4.46. The number of hydrogen-bond acceptors (Lipinski definition) is 4. The summed E-state index contributed by atoms with van der Waals surface area (Å²) in [6, 6.07) is 21.0. The van der Waals surface area contributed by atoms with Crippen LogP contribution >= 0.6 is 0 Å². The molecule has 1 amide bonds. The summed E-state index contributed by atoms with van der Waals surface area (Å²) in [6.07, 6.45) is -0.706. The SMILES string of the molecule is CC(Oc1ccccc1)C(=O)NCc1cccc(S(=O)(=O)NCc2cccc(F)c2)c1. The van der Waals surface area contributed by atoms with Crippen LogP contribution in [0.4, 0.5) is 4.39 Å². The number of amides is 1. The number of carbonyl (C=O) groups is 1. The minimum absolute atomic E-state index is 0.0323. The molecule has 3 rings (SSSR count). The first-order chi connectivity index (χ1) is 14.8. The molecular weight excluding hydrogens is 419 g/mol. The highest BCUT2D eigenvalue weighted by Crippen LogP contribution is 2.14. The topological polar surface area (TPSA) is 84.5 Å². The number of para-hydroxylation sites is 1. The highest BCUT2D eigenvalue weighted by Gasteiger charge is 2.16. The van der Waals surface area contributed by atoms with Crippen molar-refractivity contribution in [2.75, 3.05) is 0 Å². The van der Waals surface area contributed by atoms with E-state index in [0.29, 0.717) is 16.9 Å². The average molecular weight is 443 g/mol. The van der Waals surface area contributed by atoms with Crippen LogP contribution in [0.3, 0.4) is 0 Å². The Morgan fingerprint density at radius 1 is 0.935 bits per heavy atom. The molecule has 162 valence electrons. The molecule has 3 aromatic rings. The molecule has 0 fully saturated rings. The van der Waals surface area contributed by atoms with Crippen LogP contribution in [0.1, 0.15) is 18.1 Å². The highest BCUT2D eigenvalue weighted by atomic mass is 32.2. The van der Waals surface area contributed by atoms with Crippen molar-refractivity contribution in [1.29, 1.82) is 0 Å². The van der Waals surface area contributed by atoms with Crippen LogP contribution in [0.15, 0.2) is 83.8 Å². The van der Waals surface area contributed by atoms with Gasteiger partial charge < -0.3 is 10.1 Å². The van der Waals surface area contributed by atoms with Crippen molar-refractivity contribution in [3.63, 3.8) is 0 Å². The van der Waals surface area contributed by atoms with E-state index in [2.05, 4.69) is 10.0 Å². The molecule has 1 unspecified atom stereocenters. The van der Waals surface area contributed by atoms with Gasteiger partial charge in [-0.25, -0.2) is 17.5 Å². The van der Waals surface area contributed by atoms with Crippen LogP contribution in [0, 0.1) is 5.82 Å². The molecule has 31 heavy (non-hydrogen) atoms. The number of halogens is 1. The quantitative estimate of drug-likeness (QED) is 0.532. The summed E-state index contributed by atoms with van der Waals surface area (Å²) in [4.78, 5) is 12.4. The third kappa shape index (κ3) is 6.63. The standard InChI is InChI=1S/C23H23FN2O4S/c1-17(30-21-10-3-2-4-11-21)23(27)25-15-19-8-6-12-22(14-19)31(28,29)26-16-18-7-5-9-20(24)13-18/h2-14,17,26H,15-16H2,1H3,(H,25,27). The third-order valence-corrected chi connectivity index (χ3v) is 5.86. The summed E-state index contributed by atoms with van der Waals surface area (Å²) in [6.45, 7) is 1.75. The van der Waals surface area contributed by atoms with Gasteiger partial charge in [-0.05, 0) is 54.4 Å². The molecule has 0 aliphatic carbocycles. The fourth-order valence-corrected chi connectivity index (χ4v) is 3.91. The minimum Gasteiger partial charge on any atom is -0.481 e. The smallest absolute Gasteiger partial charge is 0.261 e. The largest absolute Gasteiger partial charge is 0.481 e. The number of carbonyl (C=O) groups excluding carboxylic acids is 1. The van der Waals surface area contributed by atoms with E-state index in [4.69, 9.17) is 4.74 Å². The van der Waals surface area contributed by atoms with Crippen LogP contribution < -0.4 is 14.8 Å². The van der Waals surface area contributed by atoms with Crippen LogP contribution in [0.25, 0.3) is 0 Å². The molecular formula is C23H23FN2O4S. The second-order valence-corrected chi connectivity index (χ2v) is 8.66. The maximum Gasteiger partial charge on any atom is 0.261 e. The Morgan fingerprint density at radius 3 is 2.32 bits per heavy atom. The molecule has 0 saturated carbocycles. The first-order valence-corrected chi connectivity index (χ1v) is 11.1. The molecule has 3 aromatic carbocycles. The fourth-order valence-electron chi connectivity index (χ4n) is 2.82. The fraction of sp³-hybridized carbons (Fsp3) is 0.174. The summed E-state index contributed by atoms with van der Waals surface area (Å²) in [7, 11) is -3.80. The molecule has 0 saturated heterocycles. The van der Waals surface area contributed by atoms with E-state index in [1.165, 1.54) is 30.3 Å². The van der Waals surface area contributed by atoms with Gasteiger partial charge in [0.15, 0.2) is 6.10 Å². The minimum atomic E-state index is -3.80. The average Bonchev–Trinajstić information content (AvgIpc) is 2.77. The molecule has 0 heterocycles. The summed E-state index contributed by atoms with van der Waals surface area (Å²) < 4.78 is 46.5. The van der Waals surface area contributed by atoms with Crippen molar-refractivity contribution in [3.05, 3.63) is 95.8 Å². The van der Waals surface area contributed by atoms with Crippen LogP contribution in [0.5, 0.6) is 5.75 Å². The predicted molar refractivity (Wildman–Crippen MR) is 115 cm³/mol. The van der Waals surface area contributed by atoms with E-state index >= 15 is 0 Å². The lowest BCUT2D eigenvalue weighted by atomic mass is 10.2. The van der Waals surface area contributed by atoms with E-state index in [9.17, 15) is 17.6 Å². The van der Waals surface area contributed by atoms with Gasteiger partial charge >= 0.3 is 0 Å². The molecule has 6 nitrogen and oxygen atoms in total. The van der Waals surface area contributed by atoms with E-state index in [1.807, 2.05) is 18.2 Å². The Kier molecular flexibility index (Phi) is 7.38. The lowest BCUT2D eigenvalue weighted by Gasteiger charge is -2.15. The Balaban J connectivity index is 1.58. The summed E-state index contributed by atoms with van der Waals surface area (Å²) in [5.74, 6) is -0.163. The van der Waals surface area contributed by atoms with E-state index in [-0.39, 0.29) is 23.9 Å². The Morgan fingerprint density at radius 2 is 1.61 bits per heavy atom. The van der Waals surface area contributed by atoms with Crippen LogP contribution in [0.2, 0.25) is 0 Å².